The molecule has 0 bridgehead atoms. The van der Waals surface area contributed by atoms with Gasteiger partial charge < -0.3 is 31.9 Å². The zero-order valence-corrected chi connectivity index (χ0v) is 45.6. The zero-order valence-electron chi connectivity index (χ0n) is 44.1. The van der Waals surface area contributed by atoms with E-state index in [0.717, 1.165) is 137 Å². The lowest BCUT2D eigenvalue weighted by Crippen LogP contribution is -2.55. The van der Waals surface area contributed by atoms with E-state index in [-0.39, 0.29) is 34.7 Å². The molecule has 6 aliphatic rings. The molecule has 74 heavy (non-hydrogen) atoms. The van der Waals surface area contributed by atoms with Crippen molar-refractivity contribution in [3.63, 3.8) is 0 Å². The summed E-state index contributed by atoms with van der Waals surface area (Å²) in [5.74, 6) is 1.89. The summed E-state index contributed by atoms with van der Waals surface area (Å²) in [6.07, 6.45) is 33.9. The highest BCUT2D eigenvalue weighted by Gasteiger charge is 2.46. The van der Waals surface area contributed by atoms with E-state index in [0.29, 0.717) is 48.8 Å². The van der Waals surface area contributed by atoms with Gasteiger partial charge in [0.15, 0.2) is 0 Å². The minimum atomic E-state index is -0.224. The van der Waals surface area contributed by atoms with Crippen molar-refractivity contribution in [2.75, 3.05) is 26.2 Å². The first-order valence-electron chi connectivity index (χ1n) is 28.8. The van der Waals surface area contributed by atoms with Crippen molar-refractivity contribution in [3.8, 4) is 0 Å². The Morgan fingerprint density at radius 3 is 1.20 bits per heavy atom. The van der Waals surface area contributed by atoms with Crippen LogP contribution < -0.4 is 22.1 Å². The van der Waals surface area contributed by atoms with Crippen molar-refractivity contribution in [1.29, 1.82) is 0 Å². The molecule has 10 rings (SSSR count). The molecule has 2 aromatic heterocycles. The Bertz CT molecular complexity index is 2110. The minimum absolute atomic E-state index is 0.198. The lowest BCUT2D eigenvalue weighted by atomic mass is 9.63. The second-order valence-corrected chi connectivity index (χ2v) is 24.4. The molecule has 2 atom stereocenters. The fourth-order valence-corrected chi connectivity index (χ4v) is 14.4. The molecule has 0 radical (unpaired) electrons. The van der Waals surface area contributed by atoms with E-state index in [1.54, 1.807) is 12.7 Å². The van der Waals surface area contributed by atoms with Crippen LogP contribution in [0, 0.1) is 22.7 Å². The molecule has 6 fully saturated rings. The zero-order chi connectivity index (χ0) is 51.3. The summed E-state index contributed by atoms with van der Waals surface area (Å²) in [6.45, 7) is 5.09. The van der Waals surface area contributed by atoms with Gasteiger partial charge in [-0.05, 0) is 174 Å². The molecule has 2 saturated heterocycles. The number of hydrogen-bond acceptors (Lipinski definition) is 10. The maximum atomic E-state index is 14.0. The second kappa shape index (κ2) is 26.4. The number of nitrogens with one attached hydrogen (secondary N) is 2. The average molecular weight is 1050 g/mol. The minimum Gasteiger partial charge on any atom is -0.341 e. The predicted octanol–water partition coefficient (Wildman–Crippen LogP) is 9.18. The summed E-state index contributed by atoms with van der Waals surface area (Å²) in [7, 11) is 0. The van der Waals surface area contributed by atoms with E-state index in [4.69, 9.17) is 34.7 Å². The second-order valence-electron chi connectivity index (χ2n) is 23.6. The van der Waals surface area contributed by atoms with Crippen LogP contribution in [0.1, 0.15) is 152 Å². The molecule has 4 saturated carbocycles. The quantitative estimate of drug-likeness (QED) is 0.0846. The third-order valence-corrected chi connectivity index (χ3v) is 19.2. The third kappa shape index (κ3) is 14.8. The van der Waals surface area contributed by atoms with Gasteiger partial charge in [-0.1, -0.05) is 86.0 Å². The monoisotopic (exact) mass is 1050 g/mol. The molecule has 2 aliphatic heterocycles. The number of carbonyl (C=O) groups excluding carboxylic acids is 2. The van der Waals surface area contributed by atoms with Gasteiger partial charge in [-0.2, -0.15) is 10.2 Å². The summed E-state index contributed by atoms with van der Waals surface area (Å²) < 4.78 is 4.04. The fourth-order valence-electron chi connectivity index (χ4n) is 14.2. The largest absolute Gasteiger partial charge is 0.341 e. The Balaban J connectivity index is 0.000000182. The first-order chi connectivity index (χ1) is 36.0. The van der Waals surface area contributed by atoms with Crippen molar-refractivity contribution >= 4 is 35.0 Å². The van der Waals surface area contributed by atoms with Crippen molar-refractivity contribution in [2.24, 2.45) is 34.1 Å². The van der Waals surface area contributed by atoms with Crippen molar-refractivity contribution < 1.29 is 9.59 Å². The SMILES string of the molecule is NC1CCC(N[C@@H](Cc2ccc(Cl)cc2)C(=O)N2CCC(Cn3cncn3)(C3CCCCC3)CC2)CC1.NC1CCC(N[C@@H](Cc2ccc(Cl)cc2)C(=O)N2CCC(Cn3cncn3)(C3CCCCC3)CC2)CC1. The molecule has 14 nitrogen and oxygen atoms in total. The number of likely N-dealkylation sites (tertiary alicyclic amines) is 2. The summed E-state index contributed by atoms with van der Waals surface area (Å²) >= 11 is 12.3. The molecule has 16 heteroatoms. The number of halogens is 2. The van der Waals surface area contributed by atoms with E-state index in [2.05, 4.69) is 40.6 Å². The number of amides is 2. The Hall–Kier alpha value is -3.92. The maximum Gasteiger partial charge on any atom is 0.240 e. The van der Waals surface area contributed by atoms with Crippen LogP contribution >= 0.6 is 23.2 Å². The lowest BCUT2D eigenvalue weighted by molar-refractivity contribution is -0.138. The number of benzene rings is 2. The van der Waals surface area contributed by atoms with E-state index in [9.17, 15) is 9.59 Å². The van der Waals surface area contributed by atoms with Gasteiger partial charge >= 0.3 is 0 Å². The molecule has 4 aromatic rings. The third-order valence-electron chi connectivity index (χ3n) is 18.7. The summed E-state index contributed by atoms with van der Waals surface area (Å²) in [5, 5.41) is 17.9. The van der Waals surface area contributed by atoms with Crippen LogP contribution in [0.25, 0.3) is 0 Å². The number of nitrogens with two attached hydrogens (primary N) is 2. The number of piperidine rings is 2. The smallest absolute Gasteiger partial charge is 0.240 e. The van der Waals surface area contributed by atoms with Gasteiger partial charge in [-0.25, -0.2) is 9.97 Å². The number of aromatic nitrogens is 6. The van der Waals surface area contributed by atoms with E-state index >= 15 is 0 Å². The van der Waals surface area contributed by atoms with Crippen LogP contribution in [0.5, 0.6) is 0 Å². The standard InChI is InChI=1S/2C29H43ClN6O/c2*30-24-8-6-22(7-9-24)18-27(34-26-12-10-25(31)11-13-26)28(37)35-16-14-29(15-17-35,19-36-21-32-20-33-36)23-4-2-1-3-5-23/h2*6-9,20-21,23,25-27,34H,1-5,10-19,31H2/t2*25?,26?,27-/m00/s1. The van der Waals surface area contributed by atoms with Gasteiger partial charge in [0, 0.05) is 73.5 Å². The Morgan fingerprint density at radius 2 is 0.878 bits per heavy atom. The van der Waals surface area contributed by atoms with Gasteiger partial charge in [-0.15, -0.1) is 0 Å². The summed E-state index contributed by atoms with van der Waals surface area (Å²) in [4.78, 5) is 40.7. The summed E-state index contributed by atoms with van der Waals surface area (Å²) in [5.41, 5.74) is 15.0. The molecule has 0 spiro atoms. The topological polar surface area (TPSA) is 178 Å². The van der Waals surface area contributed by atoms with Crippen LogP contribution in [-0.2, 0) is 35.5 Å². The summed E-state index contributed by atoms with van der Waals surface area (Å²) in [6, 6.07) is 16.7. The molecule has 4 heterocycles. The molecule has 2 amide bonds. The molecular formula is C58H86Cl2N12O2. The van der Waals surface area contributed by atoms with Gasteiger partial charge in [0.25, 0.3) is 0 Å². The molecule has 4 aliphatic carbocycles. The molecule has 404 valence electrons. The highest BCUT2D eigenvalue weighted by Crippen LogP contribution is 2.48. The Labute approximate surface area is 451 Å². The van der Waals surface area contributed by atoms with Gasteiger partial charge in [0.05, 0.1) is 12.1 Å². The normalized spacial score (nSPS) is 25.6. The number of hydrogen-bond donors (Lipinski definition) is 4. The van der Waals surface area contributed by atoms with Crippen molar-refractivity contribution in [1.82, 2.24) is 50.0 Å². The lowest BCUT2D eigenvalue weighted by Gasteiger charge is -2.48. The maximum absolute atomic E-state index is 14.0. The Kier molecular flexibility index (Phi) is 19.6. The van der Waals surface area contributed by atoms with Crippen LogP contribution in [0.15, 0.2) is 73.8 Å². The average Bonchev–Trinajstić information content (AvgIpc) is 4.16. The van der Waals surface area contributed by atoms with E-state index in [1.807, 2.05) is 70.5 Å². The predicted molar refractivity (Wildman–Crippen MR) is 294 cm³/mol. The molecule has 6 N–H and O–H groups in total. The fraction of sp³-hybridized carbons (Fsp3) is 0.690. The van der Waals surface area contributed by atoms with Crippen molar-refractivity contribution in [3.05, 3.63) is 95.0 Å². The van der Waals surface area contributed by atoms with E-state index < -0.39 is 0 Å². The van der Waals surface area contributed by atoms with Gasteiger partial charge in [0.1, 0.15) is 25.3 Å². The van der Waals surface area contributed by atoms with Crippen LogP contribution in [0.4, 0.5) is 0 Å². The first-order valence-corrected chi connectivity index (χ1v) is 29.5. The van der Waals surface area contributed by atoms with Crippen LogP contribution in [0.3, 0.4) is 0 Å². The number of nitrogens with zero attached hydrogens (tertiary/aromatic N) is 8. The van der Waals surface area contributed by atoms with Gasteiger partial charge in [-0.3, -0.25) is 19.0 Å². The first kappa shape index (κ1) is 54.9. The highest BCUT2D eigenvalue weighted by molar-refractivity contribution is 6.30. The van der Waals surface area contributed by atoms with E-state index in [1.165, 1.54) is 64.2 Å². The molecule has 2 aromatic carbocycles. The van der Waals surface area contributed by atoms with Crippen LogP contribution in [-0.4, -0.2) is 114 Å². The molecular weight excluding hydrogens is 968 g/mol. The molecule has 0 unspecified atom stereocenters. The Morgan fingerprint density at radius 1 is 0.527 bits per heavy atom. The highest BCUT2D eigenvalue weighted by atomic mass is 35.5. The van der Waals surface area contributed by atoms with Crippen LogP contribution in [0.2, 0.25) is 10.0 Å². The van der Waals surface area contributed by atoms with Crippen molar-refractivity contribution in [2.45, 2.75) is 203 Å². The number of carbonyl (C=O) groups is 2. The number of rotatable bonds is 16. The van der Waals surface area contributed by atoms with Gasteiger partial charge in [0.2, 0.25) is 11.8 Å².